The minimum Gasteiger partial charge on any atom is -0.362 e. The standard InChI is InChI=1S/C14H20O2Si/c1-12(17(2,3)4)14(10-15)16-11-13-8-6-5-7-9-13/h5-10,14H,1,11H2,2-4H3/t14-/m0/s1. The Bertz CT molecular complexity index is 379. The molecule has 0 aliphatic rings. The molecule has 0 spiro atoms. The molecule has 0 unspecified atom stereocenters. The van der Waals surface area contributed by atoms with Crippen molar-refractivity contribution >= 4 is 14.4 Å². The van der Waals surface area contributed by atoms with Gasteiger partial charge in [-0.2, -0.15) is 0 Å². The second kappa shape index (κ2) is 5.94. The first-order valence-electron chi connectivity index (χ1n) is 5.75. The van der Waals surface area contributed by atoms with Gasteiger partial charge in [0, 0.05) is 0 Å². The van der Waals surface area contributed by atoms with Gasteiger partial charge in [0.2, 0.25) is 0 Å². The zero-order valence-electron chi connectivity index (χ0n) is 10.8. The third kappa shape index (κ3) is 4.28. The third-order valence-corrected chi connectivity index (χ3v) is 4.91. The Morgan fingerprint density at radius 1 is 1.35 bits per heavy atom. The molecule has 3 heteroatoms. The lowest BCUT2D eigenvalue weighted by atomic mass is 10.2. The minimum atomic E-state index is -1.53. The molecule has 0 radical (unpaired) electrons. The molecule has 2 nitrogen and oxygen atoms in total. The molecule has 1 atom stereocenters. The van der Waals surface area contributed by atoms with Crippen LogP contribution in [0.15, 0.2) is 42.1 Å². The smallest absolute Gasteiger partial charge is 0.152 e. The summed E-state index contributed by atoms with van der Waals surface area (Å²) in [5, 5.41) is 0.948. The first kappa shape index (κ1) is 13.9. The highest BCUT2D eigenvalue weighted by atomic mass is 28.3. The number of aldehydes is 1. The molecule has 92 valence electrons. The molecule has 1 rings (SSSR count). The molecule has 0 N–H and O–H groups in total. The Kier molecular flexibility index (Phi) is 4.84. The van der Waals surface area contributed by atoms with Gasteiger partial charge in [-0.15, -0.1) is 6.58 Å². The SMILES string of the molecule is C=C([C@H](C=O)OCc1ccccc1)[Si](C)(C)C. The number of hydrogen-bond donors (Lipinski definition) is 0. The number of hydrogen-bond acceptors (Lipinski definition) is 2. The molecule has 1 aromatic carbocycles. The van der Waals surface area contributed by atoms with Crippen molar-refractivity contribution in [2.24, 2.45) is 0 Å². The van der Waals surface area contributed by atoms with Gasteiger partial charge in [-0.3, -0.25) is 0 Å². The fourth-order valence-electron chi connectivity index (χ4n) is 1.41. The first-order chi connectivity index (χ1) is 7.95. The lowest BCUT2D eigenvalue weighted by molar-refractivity contribution is -0.116. The fraction of sp³-hybridized carbons (Fsp3) is 0.357. The predicted octanol–water partition coefficient (Wildman–Crippen LogP) is 3.20. The van der Waals surface area contributed by atoms with Crippen LogP contribution in [0.4, 0.5) is 0 Å². The molecular formula is C14H20O2Si. The van der Waals surface area contributed by atoms with E-state index < -0.39 is 14.2 Å². The molecule has 0 saturated carbocycles. The highest BCUT2D eigenvalue weighted by molar-refractivity contribution is 6.83. The van der Waals surface area contributed by atoms with Crippen molar-refractivity contribution in [2.45, 2.75) is 32.4 Å². The van der Waals surface area contributed by atoms with Gasteiger partial charge in [-0.05, 0) is 5.56 Å². The summed E-state index contributed by atoms with van der Waals surface area (Å²) in [6.07, 6.45) is 0.380. The van der Waals surface area contributed by atoms with Crippen LogP contribution in [-0.2, 0) is 16.1 Å². The highest BCUT2D eigenvalue weighted by Gasteiger charge is 2.25. The van der Waals surface area contributed by atoms with Crippen LogP contribution in [0, 0.1) is 0 Å². The van der Waals surface area contributed by atoms with E-state index in [4.69, 9.17) is 4.74 Å². The average molecular weight is 248 g/mol. The quantitative estimate of drug-likeness (QED) is 0.571. The van der Waals surface area contributed by atoms with Gasteiger partial charge in [0.05, 0.1) is 14.7 Å². The zero-order chi connectivity index (χ0) is 12.9. The van der Waals surface area contributed by atoms with E-state index >= 15 is 0 Å². The van der Waals surface area contributed by atoms with E-state index in [9.17, 15) is 4.79 Å². The van der Waals surface area contributed by atoms with Gasteiger partial charge in [-0.25, -0.2) is 0 Å². The van der Waals surface area contributed by atoms with Crippen LogP contribution in [0.25, 0.3) is 0 Å². The number of rotatable bonds is 6. The summed E-state index contributed by atoms with van der Waals surface area (Å²) in [5.41, 5.74) is 1.07. The van der Waals surface area contributed by atoms with Gasteiger partial charge in [0.1, 0.15) is 6.10 Å². The van der Waals surface area contributed by atoms with Crippen molar-refractivity contribution in [3.05, 3.63) is 47.7 Å². The molecule has 0 aliphatic heterocycles. The maximum atomic E-state index is 11.1. The van der Waals surface area contributed by atoms with E-state index in [1.165, 1.54) is 0 Å². The van der Waals surface area contributed by atoms with Crippen LogP contribution in [0.2, 0.25) is 19.6 Å². The van der Waals surface area contributed by atoms with Crippen molar-refractivity contribution in [3.63, 3.8) is 0 Å². The summed E-state index contributed by atoms with van der Waals surface area (Å²) in [5.74, 6) is 0. The van der Waals surface area contributed by atoms with Gasteiger partial charge >= 0.3 is 0 Å². The highest BCUT2D eigenvalue weighted by Crippen LogP contribution is 2.18. The Morgan fingerprint density at radius 3 is 2.41 bits per heavy atom. The summed E-state index contributed by atoms with van der Waals surface area (Å²) in [4.78, 5) is 11.1. The molecule has 0 amide bonds. The predicted molar refractivity (Wildman–Crippen MR) is 73.6 cm³/mol. The molecule has 17 heavy (non-hydrogen) atoms. The molecule has 0 fully saturated rings. The third-order valence-electron chi connectivity index (χ3n) is 2.70. The molecule has 0 aromatic heterocycles. The summed E-state index contributed by atoms with van der Waals surface area (Å²) >= 11 is 0. The second-order valence-electron chi connectivity index (χ2n) is 5.13. The van der Waals surface area contributed by atoms with E-state index in [0.717, 1.165) is 17.0 Å². The topological polar surface area (TPSA) is 26.3 Å². The number of ether oxygens (including phenoxy) is 1. The largest absolute Gasteiger partial charge is 0.362 e. The molecule has 0 heterocycles. The summed E-state index contributed by atoms with van der Waals surface area (Å²) in [6, 6.07) is 9.85. The van der Waals surface area contributed by atoms with Gasteiger partial charge in [0.15, 0.2) is 6.29 Å². The Morgan fingerprint density at radius 2 is 1.94 bits per heavy atom. The van der Waals surface area contributed by atoms with Crippen LogP contribution < -0.4 is 0 Å². The number of benzene rings is 1. The molecule has 0 bridgehead atoms. The Balaban J connectivity index is 2.60. The van der Waals surface area contributed by atoms with Gasteiger partial charge in [-0.1, -0.05) is 55.2 Å². The van der Waals surface area contributed by atoms with Crippen LogP contribution in [0.3, 0.4) is 0 Å². The minimum absolute atomic E-state index is 0.452. The summed E-state index contributed by atoms with van der Waals surface area (Å²) in [7, 11) is -1.53. The maximum absolute atomic E-state index is 11.1. The molecule has 0 aliphatic carbocycles. The number of carbonyl (C=O) groups is 1. The van der Waals surface area contributed by atoms with Gasteiger partial charge < -0.3 is 9.53 Å². The van der Waals surface area contributed by atoms with Crippen LogP contribution >= 0.6 is 0 Å². The van der Waals surface area contributed by atoms with Crippen LogP contribution in [0.1, 0.15) is 5.56 Å². The van der Waals surface area contributed by atoms with Crippen molar-refractivity contribution in [2.75, 3.05) is 0 Å². The van der Waals surface area contributed by atoms with Crippen LogP contribution in [-0.4, -0.2) is 20.5 Å². The van der Waals surface area contributed by atoms with E-state index in [2.05, 4.69) is 26.2 Å². The lowest BCUT2D eigenvalue weighted by Crippen LogP contribution is -2.33. The Hall–Kier alpha value is -1.19. The normalized spacial score (nSPS) is 13.1. The van der Waals surface area contributed by atoms with E-state index in [0.29, 0.717) is 6.61 Å². The van der Waals surface area contributed by atoms with Crippen molar-refractivity contribution < 1.29 is 9.53 Å². The van der Waals surface area contributed by atoms with Crippen molar-refractivity contribution in [3.8, 4) is 0 Å². The van der Waals surface area contributed by atoms with Crippen molar-refractivity contribution in [1.82, 2.24) is 0 Å². The fourth-order valence-corrected chi connectivity index (χ4v) is 2.41. The maximum Gasteiger partial charge on any atom is 0.152 e. The Labute approximate surface area is 104 Å². The summed E-state index contributed by atoms with van der Waals surface area (Å²) in [6.45, 7) is 11.0. The zero-order valence-corrected chi connectivity index (χ0v) is 11.8. The van der Waals surface area contributed by atoms with E-state index in [-0.39, 0.29) is 0 Å². The average Bonchev–Trinajstić information content (AvgIpc) is 2.30. The molecule has 1 aromatic rings. The second-order valence-corrected chi connectivity index (χ2v) is 10.3. The van der Waals surface area contributed by atoms with Crippen molar-refractivity contribution in [1.29, 1.82) is 0 Å². The van der Waals surface area contributed by atoms with E-state index in [1.54, 1.807) is 0 Å². The van der Waals surface area contributed by atoms with Crippen LogP contribution in [0.5, 0.6) is 0 Å². The summed E-state index contributed by atoms with van der Waals surface area (Å²) < 4.78 is 5.63. The number of carbonyl (C=O) groups excluding carboxylic acids is 1. The lowest BCUT2D eigenvalue weighted by Gasteiger charge is -2.24. The van der Waals surface area contributed by atoms with E-state index in [1.807, 2.05) is 30.3 Å². The molecule has 0 saturated heterocycles. The molecular weight excluding hydrogens is 228 g/mol. The van der Waals surface area contributed by atoms with Gasteiger partial charge in [0.25, 0.3) is 0 Å². The first-order valence-corrected chi connectivity index (χ1v) is 9.25. The monoisotopic (exact) mass is 248 g/mol.